The predicted molar refractivity (Wildman–Crippen MR) is 109 cm³/mol. The largest absolute Gasteiger partial charge is 0.497 e. The highest BCUT2D eigenvalue weighted by molar-refractivity contribution is 5.76. The highest BCUT2D eigenvalue weighted by Crippen LogP contribution is 2.18. The number of carbonyl (C=O) groups is 1. The zero-order chi connectivity index (χ0) is 19.6. The maximum absolute atomic E-state index is 13.0. The van der Waals surface area contributed by atoms with Crippen LogP contribution in [0.3, 0.4) is 0 Å². The first-order chi connectivity index (χ1) is 13.8. The lowest BCUT2D eigenvalue weighted by molar-refractivity contribution is -0.135. The zero-order valence-corrected chi connectivity index (χ0v) is 17.1. The van der Waals surface area contributed by atoms with Crippen LogP contribution in [-0.2, 0) is 20.7 Å². The van der Waals surface area contributed by atoms with Gasteiger partial charge in [-0.2, -0.15) is 0 Å². The van der Waals surface area contributed by atoms with Gasteiger partial charge < -0.3 is 19.1 Å². The number of methoxy groups -OCH3 is 1. The molecule has 0 N–H and O–H groups in total. The van der Waals surface area contributed by atoms with Gasteiger partial charge in [-0.1, -0.05) is 12.1 Å². The Morgan fingerprint density at radius 1 is 1.11 bits per heavy atom. The quantitative estimate of drug-likeness (QED) is 0.648. The van der Waals surface area contributed by atoms with Gasteiger partial charge in [-0.3, -0.25) is 9.69 Å². The Hall–Kier alpha value is -1.63. The fourth-order valence-electron chi connectivity index (χ4n) is 3.98. The van der Waals surface area contributed by atoms with Gasteiger partial charge in [0.15, 0.2) is 0 Å². The first-order valence-corrected chi connectivity index (χ1v) is 10.6. The van der Waals surface area contributed by atoms with Crippen LogP contribution in [0.4, 0.5) is 0 Å². The molecule has 3 rings (SSSR count). The summed E-state index contributed by atoms with van der Waals surface area (Å²) in [6, 6.07) is 8.32. The molecule has 1 aromatic carbocycles. The van der Waals surface area contributed by atoms with Crippen molar-refractivity contribution in [1.29, 1.82) is 0 Å². The van der Waals surface area contributed by atoms with Crippen molar-refractivity contribution in [1.82, 2.24) is 9.80 Å². The minimum absolute atomic E-state index is 0.268. The van der Waals surface area contributed by atoms with Crippen LogP contribution in [0, 0.1) is 0 Å². The number of benzene rings is 1. The molecule has 28 heavy (non-hydrogen) atoms. The van der Waals surface area contributed by atoms with E-state index >= 15 is 0 Å². The van der Waals surface area contributed by atoms with Gasteiger partial charge >= 0.3 is 0 Å². The van der Waals surface area contributed by atoms with Crippen LogP contribution in [0.25, 0.3) is 0 Å². The minimum Gasteiger partial charge on any atom is -0.497 e. The maximum atomic E-state index is 13.0. The Morgan fingerprint density at radius 3 is 2.46 bits per heavy atom. The molecule has 1 aromatic rings. The van der Waals surface area contributed by atoms with Gasteiger partial charge in [0, 0.05) is 51.9 Å². The minimum atomic E-state index is 0.268. The molecule has 0 aromatic heterocycles. The average Bonchev–Trinajstić information content (AvgIpc) is 2.77. The van der Waals surface area contributed by atoms with Crippen LogP contribution in [-0.4, -0.2) is 81.5 Å². The van der Waals surface area contributed by atoms with Gasteiger partial charge in [0.2, 0.25) is 5.91 Å². The van der Waals surface area contributed by atoms with E-state index in [-0.39, 0.29) is 5.91 Å². The first-order valence-electron chi connectivity index (χ1n) is 10.6. The van der Waals surface area contributed by atoms with Gasteiger partial charge in [0.05, 0.1) is 20.3 Å². The number of nitrogens with zero attached hydrogens (tertiary/aromatic N) is 2. The molecule has 0 saturated carbocycles. The number of carbonyl (C=O) groups excluding carboxylic acids is 1. The van der Waals surface area contributed by atoms with Crippen LogP contribution >= 0.6 is 0 Å². The third-order valence-electron chi connectivity index (χ3n) is 5.72. The van der Waals surface area contributed by atoms with E-state index in [0.717, 1.165) is 84.0 Å². The summed E-state index contributed by atoms with van der Waals surface area (Å²) in [4.78, 5) is 17.6. The molecule has 2 saturated heterocycles. The normalized spacial score (nSPS) is 18.8. The number of aryl methyl sites for hydroxylation is 1. The number of hydrogen-bond acceptors (Lipinski definition) is 5. The monoisotopic (exact) mass is 390 g/mol. The van der Waals surface area contributed by atoms with Crippen LogP contribution in [0.15, 0.2) is 24.3 Å². The third-order valence-corrected chi connectivity index (χ3v) is 5.72. The van der Waals surface area contributed by atoms with Crippen molar-refractivity contribution in [3.8, 4) is 5.75 Å². The average molecular weight is 391 g/mol. The van der Waals surface area contributed by atoms with E-state index in [1.54, 1.807) is 7.11 Å². The SMILES string of the molecule is COc1ccc(CCC(=O)N(CCCN2CCOCC2)C2CCOCC2)cc1. The van der Waals surface area contributed by atoms with E-state index in [0.29, 0.717) is 12.5 Å². The second kappa shape index (κ2) is 11.4. The van der Waals surface area contributed by atoms with Crippen molar-refractivity contribution in [2.75, 3.05) is 59.7 Å². The molecular formula is C22H34N2O4. The summed E-state index contributed by atoms with van der Waals surface area (Å²) in [5, 5.41) is 0. The topological polar surface area (TPSA) is 51.2 Å². The Balaban J connectivity index is 1.51. The summed E-state index contributed by atoms with van der Waals surface area (Å²) in [5.41, 5.74) is 1.18. The number of ether oxygens (including phenoxy) is 3. The molecule has 2 aliphatic rings. The van der Waals surface area contributed by atoms with Gasteiger partial charge in [-0.25, -0.2) is 0 Å². The lowest BCUT2D eigenvalue weighted by Gasteiger charge is -2.35. The first kappa shape index (κ1) is 21.1. The molecule has 0 spiro atoms. The fourth-order valence-corrected chi connectivity index (χ4v) is 3.98. The molecule has 0 aliphatic carbocycles. The van der Waals surface area contributed by atoms with Crippen molar-refractivity contribution >= 4 is 5.91 Å². The third kappa shape index (κ3) is 6.47. The number of morpholine rings is 1. The Kier molecular flexibility index (Phi) is 8.58. The van der Waals surface area contributed by atoms with Crippen molar-refractivity contribution < 1.29 is 19.0 Å². The van der Waals surface area contributed by atoms with Gasteiger partial charge in [-0.05, 0) is 43.4 Å². The van der Waals surface area contributed by atoms with Crippen molar-refractivity contribution in [3.63, 3.8) is 0 Å². The van der Waals surface area contributed by atoms with Gasteiger partial charge in [-0.15, -0.1) is 0 Å². The predicted octanol–water partition coefficient (Wildman–Crippen LogP) is 2.36. The number of hydrogen-bond donors (Lipinski definition) is 0. The summed E-state index contributed by atoms with van der Waals surface area (Å²) in [7, 11) is 1.67. The van der Waals surface area contributed by atoms with E-state index in [1.165, 1.54) is 5.56 Å². The molecule has 2 aliphatic heterocycles. The molecule has 2 fully saturated rings. The second-order valence-electron chi connectivity index (χ2n) is 7.59. The summed E-state index contributed by atoms with van der Waals surface area (Å²) < 4.78 is 16.1. The van der Waals surface area contributed by atoms with E-state index in [4.69, 9.17) is 14.2 Å². The highest BCUT2D eigenvalue weighted by Gasteiger charge is 2.25. The summed E-state index contributed by atoms with van der Waals surface area (Å²) >= 11 is 0. The molecule has 6 heteroatoms. The van der Waals surface area contributed by atoms with Gasteiger partial charge in [0.25, 0.3) is 0 Å². The molecule has 1 amide bonds. The van der Waals surface area contributed by atoms with Crippen molar-refractivity contribution in [3.05, 3.63) is 29.8 Å². The smallest absolute Gasteiger partial charge is 0.223 e. The maximum Gasteiger partial charge on any atom is 0.223 e. The fraction of sp³-hybridized carbons (Fsp3) is 0.682. The molecular weight excluding hydrogens is 356 g/mol. The standard InChI is InChI=1S/C22H34N2O4/c1-26-21-6-3-19(4-7-21)5-8-22(25)24(20-9-15-27-16-10-20)12-2-11-23-13-17-28-18-14-23/h3-4,6-7,20H,2,5,8-18H2,1H3. The van der Waals surface area contributed by atoms with Crippen molar-refractivity contribution in [2.45, 2.75) is 38.1 Å². The highest BCUT2D eigenvalue weighted by atomic mass is 16.5. The molecule has 0 atom stereocenters. The van der Waals surface area contributed by atoms with E-state index < -0.39 is 0 Å². The molecule has 6 nitrogen and oxygen atoms in total. The van der Waals surface area contributed by atoms with Crippen LogP contribution < -0.4 is 4.74 Å². The van der Waals surface area contributed by atoms with Crippen LogP contribution in [0.5, 0.6) is 5.75 Å². The van der Waals surface area contributed by atoms with E-state index in [9.17, 15) is 4.79 Å². The second-order valence-corrected chi connectivity index (χ2v) is 7.59. The molecule has 2 heterocycles. The lowest BCUT2D eigenvalue weighted by atomic mass is 10.0. The summed E-state index contributed by atoms with van der Waals surface area (Å²) in [5.74, 6) is 1.12. The Labute approximate surface area is 168 Å². The molecule has 0 radical (unpaired) electrons. The lowest BCUT2D eigenvalue weighted by Crippen LogP contribution is -2.45. The van der Waals surface area contributed by atoms with Gasteiger partial charge in [0.1, 0.15) is 5.75 Å². The van der Waals surface area contributed by atoms with E-state index in [2.05, 4.69) is 9.80 Å². The number of amides is 1. The zero-order valence-electron chi connectivity index (χ0n) is 17.1. The summed E-state index contributed by atoms with van der Waals surface area (Å²) in [6.45, 7) is 7.05. The molecule has 0 unspecified atom stereocenters. The summed E-state index contributed by atoms with van der Waals surface area (Å²) in [6.07, 6.45) is 4.25. The van der Waals surface area contributed by atoms with Crippen molar-refractivity contribution in [2.24, 2.45) is 0 Å². The van der Waals surface area contributed by atoms with Crippen LogP contribution in [0.2, 0.25) is 0 Å². The number of rotatable bonds is 9. The Morgan fingerprint density at radius 2 is 1.79 bits per heavy atom. The molecule has 156 valence electrons. The van der Waals surface area contributed by atoms with Crippen LogP contribution in [0.1, 0.15) is 31.2 Å². The Bertz CT molecular complexity index is 581. The molecule has 0 bridgehead atoms. The van der Waals surface area contributed by atoms with E-state index in [1.807, 2.05) is 24.3 Å².